The lowest BCUT2D eigenvalue weighted by molar-refractivity contribution is -0.139. The topological polar surface area (TPSA) is 80.6 Å². The first-order valence-electron chi connectivity index (χ1n) is 7.31. The summed E-state index contributed by atoms with van der Waals surface area (Å²) in [6.45, 7) is 1.97. The van der Waals surface area contributed by atoms with Crippen molar-refractivity contribution in [3.05, 3.63) is 60.1 Å². The summed E-state index contributed by atoms with van der Waals surface area (Å²) in [5, 5.41) is 5.20. The predicted molar refractivity (Wildman–Crippen MR) is 84.5 cm³/mol. The number of ether oxygens (including phenoxy) is 1. The summed E-state index contributed by atoms with van der Waals surface area (Å²) in [5.41, 5.74) is 0.930. The maximum atomic E-state index is 11.9. The van der Waals surface area contributed by atoms with Crippen molar-refractivity contribution >= 4 is 11.8 Å². The summed E-state index contributed by atoms with van der Waals surface area (Å²) in [6.07, 6.45) is 1.09. The van der Waals surface area contributed by atoms with E-state index >= 15 is 0 Å². The number of hydrogen-bond acceptors (Lipinski definition) is 4. The molecule has 122 valence electrons. The summed E-state index contributed by atoms with van der Waals surface area (Å²) in [7, 11) is 1.51. The van der Waals surface area contributed by atoms with Crippen LogP contribution in [0.5, 0.6) is 0 Å². The highest BCUT2D eigenvalue weighted by atomic mass is 16.5. The molecule has 0 saturated carbocycles. The Labute approximate surface area is 134 Å². The van der Waals surface area contributed by atoms with Gasteiger partial charge in [-0.3, -0.25) is 9.59 Å². The first-order valence-corrected chi connectivity index (χ1v) is 7.31. The summed E-state index contributed by atoms with van der Waals surface area (Å²) in [5.74, 6) is -0.803. The van der Waals surface area contributed by atoms with Crippen molar-refractivity contribution in [1.82, 2.24) is 10.6 Å². The van der Waals surface area contributed by atoms with Gasteiger partial charge in [0, 0.05) is 7.11 Å². The summed E-state index contributed by atoms with van der Waals surface area (Å²) in [4.78, 5) is 23.8. The molecule has 2 aromatic rings. The Bertz CT molecular complexity index is 625. The summed E-state index contributed by atoms with van der Waals surface area (Å²) < 4.78 is 10.5. The lowest BCUT2D eigenvalue weighted by atomic mass is 10.1. The van der Waals surface area contributed by atoms with Crippen LogP contribution in [0.15, 0.2) is 53.1 Å². The molecular weight excluding hydrogens is 296 g/mol. The largest absolute Gasteiger partial charge is 0.467 e. The molecule has 0 aliphatic rings. The highest BCUT2D eigenvalue weighted by Gasteiger charge is 2.20. The minimum absolute atomic E-state index is 0.149. The van der Waals surface area contributed by atoms with Gasteiger partial charge >= 0.3 is 11.8 Å². The molecule has 0 saturated heterocycles. The Hall–Kier alpha value is -2.60. The summed E-state index contributed by atoms with van der Waals surface area (Å²) >= 11 is 0. The van der Waals surface area contributed by atoms with Crippen LogP contribution in [-0.4, -0.2) is 25.5 Å². The molecule has 2 N–H and O–H groups in total. The van der Waals surface area contributed by atoms with Gasteiger partial charge in [-0.25, -0.2) is 0 Å². The van der Waals surface area contributed by atoms with Crippen molar-refractivity contribution in [2.75, 3.05) is 13.7 Å². The van der Waals surface area contributed by atoms with Crippen molar-refractivity contribution in [2.45, 2.75) is 19.1 Å². The fraction of sp³-hybridized carbons (Fsp3) is 0.294. The maximum absolute atomic E-state index is 11.9. The van der Waals surface area contributed by atoms with Crippen LogP contribution in [0.2, 0.25) is 0 Å². The van der Waals surface area contributed by atoms with Crippen molar-refractivity contribution in [1.29, 1.82) is 0 Å². The van der Waals surface area contributed by atoms with Gasteiger partial charge in [0.15, 0.2) is 0 Å². The van der Waals surface area contributed by atoms with E-state index < -0.39 is 17.9 Å². The second-order valence-corrected chi connectivity index (χ2v) is 5.06. The minimum atomic E-state index is -0.707. The van der Waals surface area contributed by atoms with Gasteiger partial charge in [0.1, 0.15) is 11.9 Å². The molecule has 1 heterocycles. The van der Waals surface area contributed by atoms with E-state index in [0.717, 1.165) is 5.56 Å². The van der Waals surface area contributed by atoms with E-state index in [2.05, 4.69) is 10.6 Å². The van der Waals surface area contributed by atoms with Crippen molar-refractivity contribution in [3.63, 3.8) is 0 Å². The predicted octanol–water partition coefficient (Wildman–Crippen LogP) is 1.96. The maximum Gasteiger partial charge on any atom is 0.309 e. The number of furan rings is 1. The summed E-state index contributed by atoms with van der Waals surface area (Å²) in [6, 6.07) is 12.7. The van der Waals surface area contributed by atoms with Crippen LogP contribution in [0.4, 0.5) is 0 Å². The van der Waals surface area contributed by atoms with E-state index in [9.17, 15) is 9.59 Å². The van der Waals surface area contributed by atoms with E-state index in [1.807, 2.05) is 37.3 Å². The molecule has 0 aliphatic heterocycles. The molecule has 2 rings (SSSR count). The number of methoxy groups -OCH3 is 1. The molecule has 0 fully saturated rings. The molecule has 0 unspecified atom stereocenters. The third-order valence-corrected chi connectivity index (χ3v) is 3.45. The number of benzene rings is 1. The van der Waals surface area contributed by atoms with Crippen LogP contribution < -0.4 is 10.6 Å². The van der Waals surface area contributed by atoms with Crippen molar-refractivity contribution < 1.29 is 18.7 Å². The Kier molecular flexibility index (Phi) is 5.94. The smallest absolute Gasteiger partial charge is 0.309 e. The first-order chi connectivity index (χ1) is 11.1. The molecule has 23 heavy (non-hydrogen) atoms. The second-order valence-electron chi connectivity index (χ2n) is 5.06. The van der Waals surface area contributed by atoms with Crippen molar-refractivity contribution in [2.24, 2.45) is 0 Å². The second kappa shape index (κ2) is 8.14. The van der Waals surface area contributed by atoms with Gasteiger partial charge in [0.25, 0.3) is 0 Å². The number of rotatable bonds is 6. The van der Waals surface area contributed by atoms with E-state index in [-0.39, 0.29) is 12.6 Å². The van der Waals surface area contributed by atoms with Gasteiger partial charge in [0.2, 0.25) is 0 Å². The molecule has 0 bridgehead atoms. The molecule has 1 aromatic carbocycles. The Balaban J connectivity index is 1.84. The monoisotopic (exact) mass is 316 g/mol. The molecular formula is C17H20N2O4. The van der Waals surface area contributed by atoms with Gasteiger partial charge in [0.05, 0.1) is 18.8 Å². The highest BCUT2D eigenvalue weighted by Crippen LogP contribution is 2.15. The number of amides is 2. The average molecular weight is 316 g/mol. The minimum Gasteiger partial charge on any atom is -0.467 e. The van der Waals surface area contributed by atoms with E-state index in [0.29, 0.717) is 5.76 Å². The third-order valence-electron chi connectivity index (χ3n) is 3.45. The van der Waals surface area contributed by atoms with Crippen molar-refractivity contribution in [3.8, 4) is 0 Å². The molecule has 1 aromatic heterocycles. The lowest BCUT2D eigenvalue weighted by Crippen LogP contribution is -2.42. The normalized spacial score (nSPS) is 13.1. The highest BCUT2D eigenvalue weighted by molar-refractivity contribution is 6.35. The van der Waals surface area contributed by atoms with Gasteiger partial charge < -0.3 is 19.8 Å². The van der Waals surface area contributed by atoms with Crippen LogP contribution in [0.3, 0.4) is 0 Å². The standard InChI is InChI=1S/C17H20N2O4/c1-12(13-7-4-3-5-8-13)19-17(21)16(20)18-11-15(22-2)14-9-6-10-23-14/h3-10,12,15H,11H2,1-2H3,(H,18,20)(H,19,21)/t12-,15+/m1/s1. The molecule has 2 amide bonds. The zero-order valence-electron chi connectivity index (χ0n) is 13.1. The SMILES string of the molecule is CO[C@@H](CNC(=O)C(=O)N[C@H](C)c1ccccc1)c1ccco1. The molecule has 6 heteroatoms. The van der Waals surface area contributed by atoms with Gasteiger partial charge in [-0.1, -0.05) is 30.3 Å². The number of carbonyl (C=O) groups excluding carboxylic acids is 2. The number of hydrogen-bond donors (Lipinski definition) is 2. The molecule has 2 atom stereocenters. The molecule has 0 radical (unpaired) electrons. The van der Waals surface area contributed by atoms with Crippen LogP contribution >= 0.6 is 0 Å². The van der Waals surface area contributed by atoms with Crippen LogP contribution in [-0.2, 0) is 14.3 Å². The third kappa shape index (κ3) is 4.69. The van der Waals surface area contributed by atoms with Gasteiger partial charge in [-0.15, -0.1) is 0 Å². The lowest BCUT2D eigenvalue weighted by Gasteiger charge is -2.16. The average Bonchev–Trinajstić information content (AvgIpc) is 3.10. The Morgan fingerprint density at radius 1 is 1.13 bits per heavy atom. The van der Waals surface area contributed by atoms with Crippen LogP contribution in [0, 0.1) is 0 Å². The van der Waals surface area contributed by atoms with E-state index in [1.54, 1.807) is 12.1 Å². The van der Waals surface area contributed by atoms with Gasteiger partial charge in [-0.2, -0.15) is 0 Å². The zero-order chi connectivity index (χ0) is 16.7. The van der Waals surface area contributed by atoms with Gasteiger partial charge in [-0.05, 0) is 24.6 Å². The Morgan fingerprint density at radius 3 is 2.48 bits per heavy atom. The van der Waals surface area contributed by atoms with Crippen LogP contribution in [0.1, 0.15) is 30.4 Å². The Morgan fingerprint density at radius 2 is 1.87 bits per heavy atom. The fourth-order valence-electron chi connectivity index (χ4n) is 2.13. The quantitative estimate of drug-likeness (QED) is 0.798. The van der Waals surface area contributed by atoms with Crippen LogP contribution in [0.25, 0.3) is 0 Å². The number of nitrogens with one attached hydrogen (secondary N) is 2. The molecule has 0 aliphatic carbocycles. The first kappa shape index (κ1) is 16.8. The zero-order valence-corrected chi connectivity index (χ0v) is 13.1. The van der Waals surface area contributed by atoms with E-state index in [1.165, 1.54) is 13.4 Å². The molecule has 0 spiro atoms. The number of carbonyl (C=O) groups is 2. The fourth-order valence-corrected chi connectivity index (χ4v) is 2.13. The molecule has 6 nitrogen and oxygen atoms in total. The van der Waals surface area contributed by atoms with E-state index in [4.69, 9.17) is 9.15 Å².